The lowest BCUT2D eigenvalue weighted by atomic mass is 9.99. The van der Waals surface area contributed by atoms with Crippen molar-refractivity contribution in [1.29, 1.82) is 0 Å². The summed E-state index contributed by atoms with van der Waals surface area (Å²) in [6, 6.07) is 0. The zero-order chi connectivity index (χ0) is 14.3. The van der Waals surface area contributed by atoms with Crippen molar-refractivity contribution in [3.63, 3.8) is 0 Å². The second kappa shape index (κ2) is 14.1. The SMILES string of the molecule is CCCCCC(C)CC=CCCCCC(O)CCC. The normalized spacial score (nSPS) is 14.9. The smallest absolute Gasteiger partial charge is 0.0540 e. The first-order chi connectivity index (χ1) is 9.20. The summed E-state index contributed by atoms with van der Waals surface area (Å²) >= 11 is 0. The van der Waals surface area contributed by atoms with Crippen LogP contribution in [0.1, 0.15) is 91.4 Å². The molecule has 0 amide bonds. The largest absolute Gasteiger partial charge is 0.393 e. The summed E-state index contributed by atoms with van der Waals surface area (Å²) in [4.78, 5) is 0. The topological polar surface area (TPSA) is 20.2 Å². The van der Waals surface area contributed by atoms with Crippen LogP contribution in [0, 0.1) is 5.92 Å². The van der Waals surface area contributed by atoms with Crippen LogP contribution in [-0.4, -0.2) is 11.2 Å². The molecule has 1 nitrogen and oxygen atoms in total. The van der Waals surface area contributed by atoms with E-state index in [4.69, 9.17) is 0 Å². The highest BCUT2D eigenvalue weighted by atomic mass is 16.3. The summed E-state index contributed by atoms with van der Waals surface area (Å²) in [5.41, 5.74) is 0. The summed E-state index contributed by atoms with van der Waals surface area (Å²) in [6.07, 6.45) is 18.0. The Hall–Kier alpha value is -0.300. The first-order valence-corrected chi connectivity index (χ1v) is 8.53. The highest BCUT2D eigenvalue weighted by molar-refractivity contribution is 4.83. The summed E-state index contributed by atoms with van der Waals surface area (Å²) in [5.74, 6) is 0.842. The lowest BCUT2D eigenvalue weighted by Crippen LogP contribution is -2.04. The first-order valence-electron chi connectivity index (χ1n) is 8.53. The fourth-order valence-electron chi connectivity index (χ4n) is 2.43. The lowest BCUT2D eigenvalue weighted by Gasteiger charge is -2.08. The molecule has 1 heteroatoms. The molecule has 0 aromatic carbocycles. The summed E-state index contributed by atoms with van der Waals surface area (Å²) < 4.78 is 0. The average Bonchev–Trinajstić information content (AvgIpc) is 2.38. The van der Waals surface area contributed by atoms with Crippen LogP contribution >= 0.6 is 0 Å². The minimum absolute atomic E-state index is 0.0624. The Morgan fingerprint density at radius 3 is 2.26 bits per heavy atom. The van der Waals surface area contributed by atoms with Gasteiger partial charge in [-0.25, -0.2) is 0 Å². The van der Waals surface area contributed by atoms with E-state index in [2.05, 4.69) is 32.9 Å². The number of aliphatic hydroxyl groups is 1. The molecule has 2 atom stereocenters. The molecule has 0 aliphatic heterocycles. The Bertz CT molecular complexity index is 198. The molecule has 1 N–H and O–H groups in total. The number of aliphatic hydroxyl groups excluding tert-OH is 1. The van der Waals surface area contributed by atoms with Crippen molar-refractivity contribution in [3.05, 3.63) is 12.2 Å². The third-order valence-electron chi connectivity index (χ3n) is 3.79. The molecule has 19 heavy (non-hydrogen) atoms. The van der Waals surface area contributed by atoms with Gasteiger partial charge in [-0.1, -0.05) is 71.4 Å². The molecule has 0 heterocycles. The molecule has 0 aliphatic rings. The predicted octanol–water partition coefficient (Wildman–Crippen LogP) is 5.87. The van der Waals surface area contributed by atoms with E-state index in [0.29, 0.717) is 0 Å². The van der Waals surface area contributed by atoms with E-state index in [9.17, 15) is 5.11 Å². The Balaban J connectivity index is 3.33. The van der Waals surface area contributed by atoms with Gasteiger partial charge in [0, 0.05) is 0 Å². The van der Waals surface area contributed by atoms with Crippen LogP contribution in [-0.2, 0) is 0 Å². The van der Waals surface area contributed by atoms with E-state index >= 15 is 0 Å². The number of unbranched alkanes of at least 4 members (excludes halogenated alkanes) is 4. The van der Waals surface area contributed by atoms with E-state index in [-0.39, 0.29) is 6.10 Å². The molecule has 0 spiro atoms. The average molecular weight is 268 g/mol. The molecule has 0 bridgehead atoms. The molecule has 0 aromatic heterocycles. The van der Waals surface area contributed by atoms with E-state index in [0.717, 1.165) is 31.6 Å². The maximum absolute atomic E-state index is 9.61. The minimum atomic E-state index is -0.0624. The number of allylic oxidation sites excluding steroid dienone is 2. The maximum atomic E-state index is 9.61. The predicted molar refractivity (Wildman–Crippen MR) is 86.4 cm³/mol. The Kier molecular flexibility index (Phi) is 13.9. The van der Waals surface area contributed by atoms with Crippen molar-refractivity contribution in [2.75, 3.05) is 0 Å². The van der Waals surface area contributed by atoms with Crippen LogP contribution in [0.15, 0.2) is 12.2 Å². The van der Waals surface area contributed by atoms with Gasteiger partial charge >= 0.3 is 0 Å². The van der Waals surface area contributed by atoms with Gasteiger partial charge in [-0.15, -0.1) is 0 Å². The highest BCUT2D eigenvalue weighted by Gasteiger charge is 2.01. The van der Waals surface area contributed by atoms with Crippen LogP contribution in [0.25, 0.3) is 0 Å². The fourth-order valence-corrected chi connectivity index (χ4v) is 2.43. The first kappa shape index (κ1) is 18.7. The van der Waals surface area contributed by atoms with Gasteiger partial charge in [0.05, 0.1) is 6.10 Å². The van der Waals surface area contributed by atoms with E-state index in [1.54, 1.807) is 0 Å². The molecule has 0 aliphatic carbocycles. The summed E-state index contributed by atoms with van der Waals surface area (Å²) in [5, 5.41) is 9.61. The molecule has 2 unspecified atom stereocenters. The molecule has 0 aromatic rings. The molecule has 114 valence electrons. The van der Waals surface area contributed by atoms with Crippen LogP contribution in [0.2, 0.25) is 0 Å². The van der Waals surface area contributed by atoms with Gasteiger partial charge in [-0.3, -0.25) is 0 Å². The fraction of sp³-hybridized carbons (Fsp3) is 0.889. The lowest BCUT2D eigenvalue weighted by molar-refractivity contribution is 0.150. The summed E-state index contributed by atoms with van der Waals surface area (Å²) in [7, 11) is 0. The number of hydrogen-bond donors (Lipinski definition) is 1. The Morgan fingerprint density at radius 1 is 0.842 bits per heavy atom. The molecule has 0 rings (SSSR count). The quantitative estimate of drug-likeness (QED) is 0.327. The third kappa shape index (κ3) is 13.9. The minimum Gasteiger partial charge on any atom is -0.393 e. The maximum Gasteiger partial charge on any atom is 0.0540 e. The van der Waals surface area contributed by atoms with Gasteiger partial charge in [0.1, 0.15) is 0 Å². The zero-order valence-electron chi connectivity index (χ0n) is 13.5. The van der Waals surface area contributed by atoms with Crippen molar-refractivity contribution in [2.24, 2.45) is 5.92 Å². The zero-order valence-corrected chi connectivity index (χ0v) is 13.5. The van der Waals surface area contributed by atoms with E-state index in [1.165, 1.54) is 44.9 Å². The van der Waals surface area contributed by atoms with Crippen molar-refractivity contribution < 1.29 is 5.11 Å². The van der Waals surface area contributed by atoms with Crippen molar-refractivity contribution >= 4 is 0 Å². The molecule has 0 saturated heterocycles. The number of rotatable bonds is 13. The molecular weight excluding hydrogens is 232 g/mol. The van der Waals surface area contributed by atoms with Crippen LogP contribution < -0.4 is 0 Å². The third-order valence-corrected chi connectivity index (χ3v) is 3.79. The number of hydrogen-bond acceptors (Lipinski definition) is 1. The molecule has 0 fully saturated rings. The van der Waals surface area contributed by atoms with Gasteiger partial charge < -0.3 is 5.11 Å². The van der Waals surface area contributed by atoms with Gasteiger partial charge in [0.2, 0.25) is 0 Å². The summed E-state index contributed by atoms with van der Waals surface area (Å²) in [6.45, 7) is 6.76. The van der Waals surface area contributed by atoms with Crippen molar-refractivity contribution in [3.8, 4) is 0 Å². The van der Waals surface area contributed by atoms with Crippen LogP contribution in [0.3, 0.4) is 0 Å². The van der Waals surface area contributed by atoms with Crippen LogP contribution in [0.5, 0.6) is 0 Å². The van der Waals surface area contributed by atoms with Crippen molar-refractivity contribution in [1.82, 2.24) is 0 Å². The second-order valence-corrected chi connectivity index (χ2v) is 6.04. The van der Waals surface area contributed by atoms with E-state index < -0.39 is 0 Å². The van der Waals surface area contributed by atoms with Gasteiger partial charge in [0.25, 0.3) is 0 Å². The molecular formula is C18H36O. The molecule has 0 saturated carbocycles. The van der Waals surface area contributed by atoms with E-state index in [1.807, 2.05) is 0 Å². The molecule has 0 radical (unpaired) electrons. The van der Waals surface area contributed by atoms with Crippen LogP contribution in [0.4, 0.5) is 0 Å². The second-order valence-electron chi connectivity index (χ2n) is 6.04. The highest BCUT2D eigenvalue weighted by Crippen LogP contribution is 2.14. The van der Waals surface area contributed by atoms with Gasteiger partial charge in [-0.2, -0.15) is 0 Å². The Labute approximate surface area is 121 Å². The van der Waals surface area contributed by atoms with Gasteiger partial charge in [0.15, 0.2) is 0 Å². The Morgan fingerprint density at radius 2 is 1.58 bits per heavy atom. The standard InChI is InChI=1S/C18H36O/c1-4-6-10-14-17(3)15-11-8-7-9-12-16-18(19)13-5-2/h8,11,17-19H,4-7,9-10,12-16H2,1-3H3. The monoisotopic (exact) mass is 268 g/mol. The van der Waals surface area contributed by atoms with Crippen molar-refractivity contribution in [2.45, 2.75) is 97.5 Å². The van der Waals surface area contributed by atoms with Gasteiger partial charge in [-0.05, 0) is 38.0 Å².